The summed E-state index contributed by atoms with van der Waals surface area (Å²) in [6.45, 7) is 1.34. The standard InChI is InChI=1S/C20H15FN2O6/c1-12(19(24)22-16-5-3-2-4-15(16)21)28-20(25)18-11-10-17(29-18)13-6-8-14(9-7-13)23(26)27/h2-12H,1H3,(H,22,24)/t12-/m0/s1. The van der Waals surface area contributed by atoms with Crippen molar-refractivity contribution in [1.82, 2.24) is 0 Å². The summed E-state index contributed by atoms with van der Waals surface area (Å²) in [4.78, 5) is 34.5. The Bertz CT molecular complexity index is 1060. The normalized spacial score (nSPS) is 11.5. The lowest BCUT2D eigenvalue weighted by Crippen LogP contribution is -2.30. The van der Waals surface area contributed by atoms with Crippen molar-refractivity contribution in [2.75, 3.05) is 5.32 Å². The van der Waals surface area contributed by atoms with Crippen LogP contribution < -0.4 is 5.32 Å². The van der Waals surface area contributed by atoms with Crippen molar-refractivity contribution < 1.29 is 28.1 Å². The number of hydrogen-bond acceptors (Lipinski definition) is 6. The number of halogens is 1. The van der Waals surface area contributed by atoms with Gasteiger partial charge in [0, 0.05) is 17.7 Å². The number of nitrogens with zero attached hydrogens (tertiary/aromatic N) is 1. The van der Waals surface area contributed by atoms with Crippen molar-refractivity contribution in [1.29, 1.82) is 0 Å². The Balaban J connectivity index is 1.64. The predicted octanol–water partition coefficient (Wildman–Crippen LogP) is 4.18. The fraction of sp³-hybridized carbons (Fsp3) is 0.100. The minimum atomic E-state index is -1.20. The van der Waals surface area contributed by atoms with E-state index in [0.717, 1.165) is 0 Å². The van der Waals surface area contributed by atoms with E-state index in [1.807, 2.05) is 0 Å². The number of hydrogen-bond donors (Lipinski definition) is 1. The SMILES string of the molecule is C[C@H](OC(=O)c1ccc(-c2ccc([N+](=O)[O-])cc2)o1)C(=O)Nc1ccccc1F. The van der Waals surface area contributed by atoms with Crippen LogP contribution in [0.1, 0.15) is 17.5 Å². The fourth-order valence-corrected chi connectivity index (χ4v) is 2.42. The van der Waals surface area contributed by atoms with Gasteiger partial charge in [-0.05, 0) is 43.3 Å². The molecular weight excluding hydrogens is 383 g/mol. The number of anilines is 1. The van der Waals surface area contributed by atoms with Crippen LogP contribution >= 0.6 is 0 Å². The lowest BCUT2D eigenvalue weighted by atomic mass is 10.1. The topological polar surface area (TPSA) is 112 Å². The van der Waals surface area contributed by atoms with E-state index in [0.29, 0.717) is 11.3 Å². The van der Waals surface area contributed by atoms with Gasteiger partial charge >= 0.3 is 5.97 Å². The molecule has 0 unspecified atom stereocenters. The smallest absolute Gasteiger partial charge is 0.375 e. The number of nitro benzene ring substituents is 1. The van der Waals surface area contributed by atoms with Crippen LogP contribution in [0.15, 0.2) is 65.1 Å². The van der Waals surface area contributed by atoms with E-state index in [4.69, 9.17) is 9.15 Å². The summed E-state index contributed by atoms with van der Waals surface area (Å²) in [5.74, 6) is -2.04. The number of para-hydroxylation sites is 1. The number of benzene rings is 2. The highest BCUT2D eigenvalue weighted by Crippen LogP contribution is 2.25. The van der Waals surface area contributed by atoms with Crippen LogP contribution in [0.2, 0.25) is 0 Å². The molecule has 1 amide bonds. The Morgan fingerprint density at radius 3 is 2.45 bits per heavy atom. The summed E-state index contributed by atoms with van der Waals surface area (Å²) >= 11 is 0. The Morgan fingerprint density at radius 1 is 1.10 bits per heavy atom. The number of nitro groups is 1. The van der Waals surface area contributed by atoms with Crippen LogP contribution in [0.3, 0.4) is 0 Å². The van der Waals surface area contributed by atoms with Crippen LogP contribution in [0.4, 0.5) is 15.8 Å². The monoisotopic (exact) mass is 398 g/mol. The van der Waals surface area contributed by atoms with Gasteiger partial charge < -0.3 is 14.5 Å². The molecule has 1 N–H and O–H groups in total. The maximum atomic E-state index is 13.6. The summed E-state index contributed by atoms with van der Waals surface area (Å²) < 4.78 is 24.1. The molecule has 3 rings (SSSR count). The van der Waals surface area contributed by atoms with Crippen molar-refractivity contribution >= 4 is 23.3 Å². The third-order valence-electron chi connectivity index (χ3n) is 3.95. The zero-order chi connectivity index (χ0) is 21.0. The third-order valence-corrected chi connectivity index (χ3v) is 3.95. The molecule has 0 radical (unpaired) electrons. The average molecular weight is 398 g/mol. The molecule has 9 heteroatoms. The molecule has 0 saturated carbocycles. The van der Waals surface area contributed by atoms with Gasteiger partial charge in [-0.2, -0.15) is 0 Å². The first-order valence-corrected chi connectivity index (χ1v) is 8.46. The fourth-order valence-electron chi connectivity index (χ4n) is 2.42. The maximum Gasteiger partial charge on any atom is 0.375 e. The molecular formula is C20H15FN2O6. The Hall–Kier alpha value is -4.01. The Kier molecular flexibility index (Phi) is 5.68. The van der Waals surface area contributed by atoms with Crippen molar-refractivity contribution in [2.45, 2.75) is 13.0 Å². The first-order chi connectivity index (χ1) is 13.8. The Labute approximate surface area is 164 Å². The number of rotatable bonds is 6. The quantitative estimate of drug-likeness (QED) is 0.379. The van der Waals surface area contributed by atoms with Gasteiger partial charge in [0.25, 0.3) is 11.6 Å². The van der Waals surface area contributed by atoms with Crippen LogP contribution in [0.25, 0.3) is 11.3 Å². The van der Waals surface area contributed by atoms with Crippen LogP contribution in [-0.4, -0.2) is 22.9 Å². The molecule has 3 aromatic rings. The van der Waals surface area contributed by atoms with Gasteiger partial charge in [0.05, 0.1) is 10.6 Å². The van der Waals surface area contributed by atoms with E-state index in [1.54, 1.807) is 6.07 Å². The molecule has 1 heterocycles. The van der Waals surface area contributed by atoms with E-state index in [2.05, 4.69) is 5.32 Å². The van der Waals surface area contributed by atoms with E-state index < -0.39 is 28.7 Å². The molecule has 0 aliphatic heterocycles. The van der Waals surface area contributed by atoms with Crippen molar-refractivity contribution in [3.63, 3.8) is 0 Å². The molecule has 0 spiro atoms. The second-order valence-electron chi connectivity index (χ2n) is 5.98. The molecule has 8 nitrogen and oxygen atoms in total. The van der Waals surface area contributed by atoms with Gasteiger partial charge in [0.15, 0.2) is 6.10 Å². The second-order valence-corrected chi connectivity index (χ2v) is 5.98. The summed E-state index contributed by atoms with van der Waals surface area (Å²) in [6.07, 6.45) is -1.20. The highest BCUT2D eigenvalue weighted by Gasteiger charge is 2.22. The van der Waals surface area contributed by atoms with Gasteiger partial charge in [-0.15, -0.1) is 0 Å². The number of nitrogens with one attached hydrogen (secondary N) is 1. The highest BCUT2D eigenvalue weighted by molar-refractivity contribution is 5.96. The highest BCUT2D eigenvalue weighted by atomic mass is 19.1. The molecule has 1 aromatic heterocycles. The average Bonchev–Trinajstić information content (AvgIpc) is 3.20. The van der Waals surface area contributed by atoms with Gasteiger partial charge in [-0.25, -0.2) is 9.18 Å². The Morgan fingerprint density at radius 2 is 1.79 bits per heavy atom. The zero-order valence-corrected chi connectivity index (χ0v) is 15.1. The molecule has 148 valence electrons. The van der Waals surface area contributed by atoms with Gasteiger partial charge in [0.1, 0.15) is 11.6 Å². The maximum absolute atomic E-state index is 13.6. The van der Waals surface area contributed by atoms with Crippen molar-refractivity contribution in [2.24, 2.45) is 0 Å². The summed E-state index contributed by atoms with van der Waals surface area (Å²) in [5, 5.41) is 13.0. The molecule has 0 aliphatic carbocycles. The number of carbonyl (C=O) groups excluding carboxylic acids is 2. The number of amides is 1. The predicted molar refractivity (Wildman–Crippen MR) is 101 cm³/mol. The number of furan rings is 1. The van der Waals surface area contributed by atoms with E-state index in [-0.39, 0.29) is 17.1 Å². The van der Waals surface area contributed by atoms with Gasteiger partial charge in [-0.1, -0.05) is 12.1 Å². The van der Waals surface area contributed by atoms with Crippen molar-refractivity contribution in [3.05, 3.63) is 82.4 Å². The minimum Gasteiger partial charge on any atom is -0.449 e. The largest absolute Gasteiger partial charge is 0.449 e. The molecule has 0 bridgehead atoms. The molecule has 0 fully saturated rings. The number of carbonyl (C=O) groups is 2. The van der Waals surface area contributed by atoms with Gasteiger partial charge in [-0.3, -0.25) is 14.9 Å². The van der Waals surface area contributed by atoms with Crippen LogP contribution in [0.5, 0.6) is 0 Å². The molecule has 2 aromatic carbocycles. The molecule has 29 heavy (non-hydrogen) atoms. The lowest BCUT2D eigenvalue weighted by Gasteiger charge is -2.13. The summed E-state index contributed by atoms with van der Waals surface area (Å²) in [5.41, 5.74) is 0.425. The van der Waals surface area contributed by atoms with Gasteiger partial charge in [0.2, 0.25) is 5.76 Å². The first kappa shape index (κ1) is 19.7. The summed E-state index contributed by atoms with van der Waals surface area (Å²) in [6, 6.07) is 14.1. The first-order valence-electron chi connectivity index (χ1n) is 8.46. The number of esters is 1. The molecule has 1 atom stereocenters. The lowest BCUT2D eigenvalue weighted by molar-refractivity contribution is -0.384. The number of non-ortho nitro benzene ring substituents is 1. The van der Waals surface area contributed by atoms with E-state index in [9.17, 15) is 24.1 Å². The second kappa shape index (κ2) is 8.34. The minimum absolute atomic E-state index is 0.0288. The molecule has 0 aliphatic rings. The zero-order valence-electron chi connectivity index (χ0n) is 15.1. The van der Waals surface area contributed by atoms with Crippen LogP contribution in [0, 0.1) is 15.9 Å². The summed E-state index contributed by atoms with van der Waals surface area (Å²) in [7, 11) is 0. The van der Waals surface area contributed by atoms with Crippen molar-refractivity contribution in [3.8, 4) is 11.3 Å². The third kappa shape index (κ3) is 4.64. The van der Waals surface area contributed by atoms with Crippen LogP contribution in [-0.2, 0) is 9.53 Å². The number of ether oxygens (including phenoxy) is 1. The molecule has 0 saturated heterocycles. The van der Waals surface area contributed by atoms with E-state index >= 15 is 0 Å². The van der Waals surface area contributed by atoms with E-state index in [1.165, 1.54) is 61.5 Å².